The molecule has 0 aromatic rings. The minimum Gasteiger partial charge on any atom is -0.465 e. The molecule has 43 heteroatoms. The summed E-state index contributed by atoms with van der Waals surface area (Å²) in [6.45, 7) is 10.8. The van der Waals surface area contributed by atoms with Crippen LogP contribution in [0, 0.1) is 10.8 Å². The fourth-order valence-electron chi connectivity index (χ4n) is 10.8. The van der Waals surface area contributed by atoms with Crippen LogP contribution in [0.3, 0.4) is 0 Å². The van der Waals surface area contributed by atoms with E-state index in [1.807, 2.05) is 0 Å². The van der Waals surface area contributed by atoms with Crippen LogP contribution in [0.1, 0.15) is 117 Å². The number of methoxy groups -OCH3 is 1. The summed E-state index contributed by atoms with van der Waals surface area (Å²) in [6.07, 6.45) is -41.2. The largest absolute Gasteiger partial charge is 0.465 e. The number of rotatable bonds is 28. The fourth-order valence-corrected chi connectivity index (χ4v) is 11.0. The molecule has 104 heavy (non-hydrogen) atoms. The van der Waals surface area contributed by atoms with Gasteiger partial charge in [-0.05, 0) is 20.8 Å². The lowest BCUT2D eigenvalue weighted by Crippen LogP contribution is -2.75. The van der Waals surface area contributed by atoms with Gasteiger partial charge in [0.25, 0.3) is 9.58 Å². The molecule has 40 nitrogen and oxygen atoms in total. The smallest absolute Gasteiger partial charge is 0.366 e. The van der Waals surface area contributed by atoms with Gasteiger partial charge in [0.1, 0.15) is 69.1 Å². The fraction of sp³-hybridized carbons (Fsp3) is 0.738. The van der Waals surface area contributed by atoms with Gasteiger partial charge in [-0.3, -0.25) is 72.5 Å². The summed E-state index contributed by atoms with van der Waals surface area (Å²) in [4.78, 5) is 201. The standard InChI is InChI=1S/C61H84Cl3N3O37/c1-23(68)66-41-36(89-29(7)74)18-59(57(82)84-17,102-47(41)44(92-32(10)77)37(90-30(8)75)19-85-25(3)70)103-48-45(99-52-42(67-24(2)69)46(93-33(11)78)43(91-31(9)76)38(96-52)20-86-26(4)71)39(21-87-27(5)72)97-54(49(48)94-34(12)79)104-60(83)40(22-88-28(6)73)98-53(101-55(65)61(62,63)64)50(51(60)95-35(13)80)100-56(81)58(14,15)16/h36-54,65,83H,18-22H2,1-17H3,(H,66,68)(H,67,69)/t36-,37+,38+,39+,40+,41+,42+,43-,44+,45-,46+,47+,48-,49+,50+,51+,52-,53?,54-,59-,60-/m0/s1. The van der Waals surface area contributed by atoms with Gasteiger partial charge in [0.05, 0.1) is 25.0 Å². The maximum Gasteiger partial charge on any atom is 0.366 e. The summed E-state index contributed by atoms with van der Waals surface area (Å²) in [5, 5.41) is 27.1. The van der Waals surface area contributed by atoms with Crippen LogP contribution in [0.25, 0.3) is 0 Å². The number of alkyl halides is 3. The van der Waals surface area contributed by atoms with E-state index in [1.165, 1.54) is 20.8 Å². The van der Waals surface area contributed by atoms with Gasteiger partial charge in [-0.25, -0.2) is 4.79 Å². The molecule has 0 aliphatic carbocycles. The predicted octanol–water partition coefficient (Wildman–Crippen LogP) is -0.599. The zero-order valence-electron chi connectivity index (χ0n) is 59.3. The first kappa shape index (κ1) is 88.5. The second-order valence-corrected chi connectivity index (χ2v) is 26.8. The minimum atomic E-state index is -3.72. The Labute approximate surface area is 608 Å². The summed E-state index contributed by atoms with van der Waals surface area (Å²) >= 11 is 18.1. The number of carbonyl (C=O) groups is 15. The molecule has 586 valence electrons. The molecule has 4 rings (SSSR count). The Hall–Kier alpha value is -7.93. The monoisotopic (exact) mass is 1560 g/mol. The third-order valence-electron chi connectivity index (χ3n) is 14.6. The van der Waals surface area contributed by atoms with Crippen LogP contribution in [0.15, 0.2) is 0 Å². The van der Waals surface area contributed by atoms with Crippen LogP contribution in [0.2, 0.25) is 0 Å². The van der Waals surface area contributed by atoms with Gasteiger partial charge in [0, 0.05) is 90.0 Å². The Morgan fingerprint density at radius 2 is 0.990 bits per heavy atom. The number of hydrogen-bond donors (Lipinski definition) is 4. The van der Waals surface area contributed by atoms with Gasteiger partial charge in [-0.1, -0.05) is 34.8 Å². The molecule has 4 saturated heterocycles. The van der Waals surface area contributed by atoms with Crippen molar-refractivity contribution in [2.75, 3.05) is 33.5 Å². The van der Waals surface area contributed by atoms with Gasteiger partial charge >= 0.3 is 77.6 Å². The highest BCUT2D eigenvalue weighted by atomic mass is 35.6. The molecule has 4 N–H and O–H groups in total. The first-order valence-electron chi connectivity index (χ1n) is 31.3. The summed E-state index contributed by atoms with van der Waals surface area (Å²) in [7, 11) is 0.715. The third kappa shape index (κ3) is 25.1. The van der Waals surface area contributed by atoms with Gasteiger partial charge in [-0.15, -0.1) is 0 Å². The van der Waals surface area contributed by atoms with Gasteiger partial charge in [0.2, 0.25) is 48.3 Å². The first-order chi connectivity index (χ1) is 48.0. The number of halogens is 3. The van der Waals surface area contributed by atoms with Crippen molar-refractivity contribution < 1.29 is 176 Å². The van der Waals surface area contributed by atoms with Crippen molar-refractivity contribution in [2.45, 2.75) is 249 Å². The number of carbonyl (C=O) groups excluding carboxylic acids is 15. The van der Waals surface area contributed by atoms with E-state index in [0.29, 0.717) is 7.11 Å². The van der Waals surface area contributed by atoms with Crippen molar-refractivity contribution in [1.29, 1.82) is 5.41 Å². The molecule has 0 aromatic carbocycles. The van der Waals surface area contributed by atoms with Crippen LogP contribution >= 0.6 is 34.8 Å². The van der Waals surface area contributed by atoms with Crippen LogP contribution in [0.4, 0.5) is 0 Å². The van der Waals surface area contributed by atoms with E-state index in [1.54, 1.807) is 0 Å². The van der Waals surface area contributed by atoms with E-state index in [2.05, 4.69) is 10.6 Å². The third-order valence-corrected chi connectivity index (χ3v) is 15.2. The molecule has 4 heterocycles. The van der Waals surface area contributed by atoms with Crippen LogP contribution in [-0.2, 0) is 171 Å². The zero-order chi connectivity index (χ0) is 79.0. The highest BCUT2D eigenvalue weighted by molar-refractivity contribution is 6.76. The predicted molar refractivity (Wildman–Crippen MR) is 335 cm³/mol. The second-order valence-electron chi connectivity index (χ2n) is 24.5. The molecular weight excluding hydrogens is 1470 g/mol. The maximum absolute atomic E-state index is 15.5. The maximum atomic E-state index is 15.5. The lowest BCUT2D eigenvalue weighted by Gasteiger charge is -2.54. The number of hydrogen-bond acceptors (Lipinski definition) is 38. The van der Waals surface area contributed by atoms with Crippen molar-refractivity contribution >= 4 is 130 Å². The average Bonchev–Trinajstić information content (AvgIpc) is 0.729. The second kappa shape index (κ2) is 37.9. The van der Waals surface area contributed by atoms with Crippen LogP contribution in [-0.4, -0.2) is 266 Å². The summed E-state index contributed by atoms with van der Waals surface area (Å²) < 4.78 is 121. The van der Waals surface area contributed by atoms with Crippen molar-refractivity contribution in [2.24, 2.45) is 5.41 Å². The van der Waals surface area contributed by atoms with E-state index in [0.717, 1.165) is 90.0 Å². The molecule has 0 spiro atoms. The molecule has 4 aliphatic rings. The Morgan fingerprint density at radius 1 is 0.510 bits per heavy atom. The lowest BCUT2D eigenvalue weighted by atomic mass is 9.87. The van der Waals surface area contributed by atoms with Crippen molar-refractivity contribution in [3.8, 4) is 0 Å². The number of aliphatic hydroxyl groups is 1. The zero-order valence-corrected chi connectivity index (χ0v) is 61.6. The van der Waals surface area contributed by atoms with Crippen molar-refractivity contribution in [1.82, 2.24) is 10.6 Å². The number of nitrogens with one attached hydrogen (secondary N) is 3. The highest BCUT2D eigenvalue weighted by Gasteiger charge is 2.68. The first-order valence-corrected chi connectivity index (χ1v) is 32.4. The number of ether oxygens (including phenoxy) is 21. The molecule has 2 amide bonds. The summed E-state index contributed by atoms with van der Waals surface area (Å²) in [5.74, 6) is -26.5. The molecule has 0 bridgehead atoms. The van der Waals surface area contributed by atoms with Gasteiger partial charge < -0.3 is 115 Å². The minimum absolute atomic E-state index is 0.715. The van der Waals surface area contributed by atoms with E-state index in [-0.39, 0.29) is 0 Å². The van der Waals surface area contributed by atoms with Crippen molar-refractivity contribution in [3.05, 3.63) is 0 Å². The van der Waals surface area contributed by atoms with E-state index in [4.69, 9.17) is 140 Å². The molecule has 4 aliphatic heterocycles. The normalized spacial score (nSPS) is 30.2. The molecule has 4 fully saturated rings. The number of amides is 2. The highest BCUT2D eigenvalue weighted by Crippen LogP contribution is 2.46. The molecule has 0 radical (unpaired) electrons. The van der Waals surface area contributed by atoms with E-state index >= 15 is 4.79 Å². The topological polar surface area (TPSA) is 518 Å². The summed E-state index contributed by atoms with van der Waals surface area (Å²) in [5.41, 5.74) is -1.55. The SMILES string of the molecule is COC(=O)[C@@]1(O[C@H]2[C@@H](O[C@@H]3O[C@H](COC(C)=O)[C@H](OC(C)=O)[C@H](OC(C)=O)[C@H]3NC(C)=O)[C@@H](COC(C)=O)O[C@@H](O[C@]3(O)[C@H](OC(C)=O)[C@@H](OC(=O)C(C)(C)C)C(OC(=N)C(Cl)(Cl)Cl)O[C@@H]3COC(C)=O)[C@@H]2OC(C)=O)C[C@H](OC(C)=O)[C@@H](NC(C)=O)[C@H]([C@H](OC(C)=O)[C@@H](COC(C)=O)OC(C)=O)O1. The van der Waals surface area contributed by atoms with Crippen molar-refractivity contribution in [3.63, 3.8) is 0 Å². The molecular formula is C61H84Cl3N3O37. The molecule has 0 aromatic heterocycles. The Kier molecular flexibility index (Phi) is 32.2. The Morgan fingerprint density at radius 3 is 1.46 bits per heavy atom. The average molecular weight is 1560 g/mol. The molecule has 1 unspecified atom stereocenters. The Bertz CT molecular complexity index is 3200. The Balaban J connectivity index is 2.38. The van der Waals surface area contributed by atoms with Gasteiger partial charge in [-0.2, -0.15) is 0 Å². The summed E-state index contributed by atoms with van der Waals surface area (Å²) in [6, 6.07) is -3.93. The van der Waals surface area contributed by atoms with Crippen LogP contribution < -0.4 is 10.6 Å². The molecule has 0 saturated carbocycles. The lowest BCUT2D eigenvalue weighted by molar-refractivity contribution is -0.447. The molecule has 21 atom stereocenters. The quantitative estimate of drug-likeness (QED) is 0.0190. The van der Waals surface area contributed by atoms with E-state index in [9.17, 15) is 72.2 Å². The van der Waals surface area contributed by atoms with Gasteiger partial charge in [0.15, 0.2) is 42.9 Å². The van der Waals surface area contributed by atoms with Crippen LogP contribution in [0.5, 0.6) is 0 Å². The van der Waals surface area contributed by atoms with E-state index < -0.39 is 265 Å². The number of esters is 13.